The molecule has 3 rings (SSSR count). The Labute approximate surface area is 187 Å². The highest BCUT2D eigenvalue weighted by molar-refractivity contribution is 6.21. The topological polar surface area (TPSA) is 92.8 Å². The number of nitrogens with one attached hydrogen (secondary N) is 1. The molecular weight excluding hydrogens is 408 g/mol. The third-order valence-corrected chi connectivity index (χ3v) is 5.32. The molecule has 2 aromatic carbocycles. The highest BCUT2D eigenvalue weighted by atomic mass is 16.5. The lowest BCUT2D eigenvalue weighted by atomic mass is 9.87. The number of esters is 1. The van der Waals surface area contributed by atoms with Crippen LogP contribution in [0.4, 0.5) is 0 Å². The fourth-order valence-electron chi connectivity index (χ4n) is 3.43. The van der Waals surface area contributed by atoms with Gasteiger partial charge in [-0.05, 0) is 48.1 Å². The van der Waals surface area contributed by atoms with Crippen LogP contribution >= 0.6 is 0 Å². The largest absolute Gasteiger partial charge is 0.464 e. The maximum absolute atomic E-state index is 12.3. The van der Waals surface area contributed by atoms with Crippen molar-refractivity contribution in [2.24, 2.45) is 0 Å². The normalized spacial score (nSPS) is 13.2. The van der Waals surface area contributed by atoms with E-state index in [0.29, 0.717) is 29.5 Å². The summed E-state index contributed by atoms with van der Waals surface area (Å²) in [5, 5.41) is 2.55. The van der Waals surface area contributed by atoms with Gasteiger partial charge in [0, 0.05) is 12.1 Å². The highest BCUT2D eigenvalue weighted by Gasteiger charge is 2.34. The number of carbonyl (C=O) groups is 4. The van der Waals surface area contributed by atoms with Crippen molar-refractivity contribution in [2.75, 3.05) is 19.7 Å². The quantitative estimate of drug-likeness (QED) is 0.389. The summed E-state index contributed by atoms with van der Waals surface area (Å²) >= 11 is 0. The van der Waals surface area contributed by atoms with Crippen molar-refractivity contribution >= 4 is 23.7 Å². The summed E-state index contributed by atoms with van der Waals surface area (Å²) in [5.74, 6) is -1.46. The molecule has 7 heteroatoms. The molecule has 0 spiro atoms. The third kappa shape index (κ3) is 5.41. The second kappa shape index (κ2) is 9.77. The fraction of sp³-hybridized carbons (Fsp3) is 0.360. The van der Waals surface area contributed by atoms with Gasteiger partial charge >= 0.3 is 5.97 Å². The van der Waals surface area contributed by atoms with Gasteiger partial charge < -0.3 is 10.1 Å². The predicted octanol–water partition coefficient (Wildman–Crippen LogP) is 3.33. The first-order valence-electron chi connectivity index (χ1n) is 10.7. The Hall–Kier alpha value is -3.48. The minimum absolute atomic E-state index is 0.00184. The Kier molecular flexibility index (Phi) is 7.08. The Morgan fingerprint density at radius 1 is 0.906 bits per heavy atom. The van der Waals surface area contributed by atoms with Gasteiger partial charge in [-0.15, -0.1) is 0 Å². The average molecular weight is 437 g/mol. The van der Waals surface area contributed by atoms with E-state index < -0.39 is 5.97 Å². The van der Waals surface area contributed by atoms with E-state index in [9.17, 15) is 19.2 Å². The van der Waals surface area contributed by atoms with E-state index in [4.69, 9.17) is 4.74 Å². The van der Waals surface area contributed by atoms with Crippen LogP contribution in [-0.2, 0) is 14.9 Å². The number of rotatable bonds is 8. The van der Waals surface area contributed by atoms with Crippen molar-refractivity contribution in [2.45, 2.75) is 39.0 Å². The molecule has 0 unspecified atom stereocenters. The summed E-state index contributed by atoms with van der Waals surface area (Å²) in [6.45, 7) is 6.48. The number of carbonyl (C=O) groups excluding carboxylic acids is 4. The molecule has 0 aliphatic carbocycles. The summed E-state index contributed by atoms with van der Waals surface area (Å²) in [5.41, 5.74) is 2.44. The van der Waals surface area contributed by atoms with E-state index in [2.05, 4.69) is 26.1 Å². The van der Waals surface area contributed by atoms with Crippen molar-refractivity contribution < 1.29 is 23.9 Å². The van der Waals surface area contributed by atoms with Crippen LogP contribution in [0.5, 0.6) is 0 Å². The average Bonchev–Trinajstić information content (AvgIpc) is 3.01. The fourth-order valence-corrected chi connectivity index (χ4v) is 3.43. The molecule has 1 aliphatic heterocycles. The number of unbranched alkanes of at least 4 members (excludes halogenated alkanes) is 1. The molecule has 32 heavy (non-hydrogen) atoms. The van der Waals surface area contributed by atoms with Gasteiger partial charge in [-0.1, -0.05) is 45.0 Å². The standard InChI is InChI=1S/C25H28N2O5/c1-25(2,3)18-12-10-17(11-13-18)22(29)26-16-21(28)32-15-7-6-14-27-23(30)19-8-4-5-9-20(19)24(27)31/h4-5,8-13H,6-7,14-16H2,1-3H3,(H,26,29). The smallest absolute Gasteiger partial charge is 0.325 e. The Balaban J connectivity index is 1.34. The highest BCUT2D eigenvalue weighted by Crippen LogP contribution is 2.23. The number of benzene rings is 2. The molecule has 0 atom stereocenters. The van der Waals surface area contributed by atoms with Gasteiger partial charge in [0.25, 0.3) is 17.7 Å². The van der Waals surface area contributed by atoms with Crippen LogP contribution in [0.3, 0.4) is 0 Å². The summed E-state index contributed by atoms with van der Waals surface area (Å²) in [4.78, 5) is 49.9. The van der Waals surface area contributed by atoms with Crippen LogP contribution in [0.2, 0.25) is 0 Å². The second-order valence-electron chi connectivity index (χ2n) is 8.75. The van der Waals surface area contributed by atoms with Crippen LogP contribution in [0, 0.1) is 0 Å². The number of imide groups is 1. The van der Waals surface area contributed by atoms with E-state index in [0.717, 1.165) is 5.56 Å². The molecule has 3 amide bonds. The van der Waals surface area contributed by atoms with Crippen molar-refractivity contribution in [3.05, 3.63) is 70.8 Å². The van der Waals surface area contributed by atoms with Gasteiger partial charge in [-0.2, -0.15) is 0 Å². The monoisotopic (exact) mass is 436 g/mol. The first kappa shape index (κ1) is 23.2. The first-order chi connectivity index (χ1) is 15.2. The number of hydrogen-bond donors (Lipinski definition) is 1. The van der Waals surface area contributed by atoms with Gasteiger partial charge in [-0.25, -0.2) is 0 Å². The van der Waals surface area contributed by atoms with Crippen LogP contribution < -0.4 is 5.32 Å². The minimum atomic E-state index is -0.537. The lowest BCUT2D eigenvalue weighted by Crippen LogP contribution is -2.31. The Morgan fingerprint density at radius 2 is 1.50 bits per heavy atom. The second-order valence-corrected chi connectivity index (χ2v) is 8.75. The van der Waals surface area contributed by atoms with Crippen LogP contribution in [0.15, 0.2) is 48.5 Å². The molecule has 7 nitrogen and oxygen atoms in total. The lowest BCUT2D eigenvalue weighted by molar-refractivity contribution is -0.142. The first-order valence-corrected chi connectivity index (χ1v) is 10.7. The van der Waals surface area contributed by atoms with Crippen molar-refractivity contribution in [3.63, 3.8) is 0 Å². The summed E-state index contributed by atoms with van der Waals surface area (Å²) in [7, 11) is 0. The van der Waals surface area contributed by atoms with E-state index in [1.807, 2.05) is 12.1 Å². The SMILES string of the molecule is CC(C)(C)c1ccc(C(=O)NCC(=O)OCCCCN2C(=O)c3ccccc3C2=O)cc1. The van der Waals surface area contributed by atoms with Crippen molar-refractivity contribution in [3.8, 4) is 0 Å². The van der Waals surface area contributed by atoms with Crippen LogP contribution in [0.1, 0.15) is 70.3 Å². The zero-order valence-corrected chi connectivity index (χ0v) is 18.6. The molecule has 1 aliphatic rings. The van der Waals surface area contributed by atoms with E-state index in [1.165, 1.54) is 4.90 Å². The van der Waals surface area contributed by atoms with E-state index in [-0.39, 0.29) is 42.8 Å². The molecule has 0 radical (unpaired) electrons. The number of hydrogen-bond acceptors (Lipinski definition) is 5. The zero-order chi connectivity index (χ0) is 23.3. The van der Waals surface area contributed by atoms with Gasteiger partial charge in [0.2, 0.25) is 0 Å². The maximum Gasteiger partial charge on any atom is 0.325 e. The summed E-state index contributed by atoms with van der Waals surface area (Å²) in [6, 6.07) is 14.0. The summed E-state index contributed by atoms with van der Waals surface area (Å²) in [6.07, 6.45) is 1.02. The molecule has 1 heterocycles. The van der Waals surface area contributed by atoms with E-state index in [1.54, 1.807) is 36.4 Å². The van der Waals surface area contributed by atoms with Crippen molar-refractivity contribution in [1.29, 1.82) is 0 Å². The number of fused-ring (bicyclic) bond motifs is 1. The molecule has 2 aromatic rings. The number of amides is 3. The van der Waals surface area contributed by atoms with Crippen molar-refractivity contribution in [1.82, 2.24) is 10.2 Å². The molecule has 1 N–H and O–H groups in total. The molecule has 0 aromatic heterocycles. The molecule has 0 saturated carbocycles. The lowest BCUT2D eigenvalue weighted by Gasteiger charge is -2.19. The molecule has 0 bridgehead atoms. The Morgan fingerprint density at radius 3 is 2.06 bits per heavy atom. The molecular formula is C25H28N2O5. The van der Waals surface area contributed by atoms with E-state index >= 15 is 0 Å². The zero-order valence-electron chi connectivity index (χ0n) is 18.6. The maximum atomic E-state index is 12.3. The Bertz CT molecular complexity index is 986. The predicted molar refractivity (Wildman–Crippen MR) is 119 cm³/mol. The van der Waals surface area contributed by atoms with Crippen LogP contribution in [-0.4, -0.2) is 48.3 Å². The minimum Gasteiger partial charge on any atom is -0.464 e. The number of nitrogens with zero attached hydrogens (tertiary/aromatic N) is 1. The third-order valence-electron chi connectivity index (χ3n) is 5.32. The summed E-state index contributed by atoms with van der Waals surface area (Å²) < 4.78 is 5.13. The van der Waals surface area contributed by atoms with Gasteiger partial charge in [0.05, 0.1) is 17.7 Å². The van der Waals surface area contributed by atoms with Crippen LogP contribution in [0.25, 0.3) is 0 Å². The molecule has 168 valence electrons. The number of ether oxygens (including phenoxy) is 1. The van der Waals surface area contributed by atoms with Gasteiger partial charge in [0.15, 0.2) is 0 Å². The molecule has 0 fully saturated rings. The van der Waals surface area contributed by atoms with Gasteiger partial charge in [0.1, 0.15) is 6.54 Å². The van der Waals surface area contributed by atoms with Gasteiger partial charge in [-0.3, -0.25) is 24.1 Å². The molecule has 0 saturated heterocycles.